The summed E-state index contributed by atoms with van der Waals surface area (Å²) in [4.78, 5) is 21.5. The largest absolute Gasteiger partial charge is 0.491 e. The van der Waals surface area contributed by atoms with Crippen molar-refractivity contribution in [2.24, 2.45) is 0 Å². The first-order valence-corrected chi connectivity index (χ1v) is 12.4. The summed E-state index contributed by atoms with van der Waals surface area (Å²) in [5, 5.41) is 3.07. The number of nitrogens with zero attached hydrogens (tertiary/aromatic N) is 2. The van der Waals surface area contributed by atoms with Gasteiger partial charge in [-0.3, -0.25) is 9.78 Å². The number of benzene rings is 1. The van der Waals surface area contributed by atoms with Crippen molar-refractivity contribution in [1.82, 2.24) is 9.97 Å². The molecule has 0 unspecified atom stereocenters. The molecule has 0 spiro atoms. The summed E-state index contributed by atoms with van der Waals surface area (Å²) in [7, 11) is -3.71. The van der Waals surface area contributed by atoms with Crippen LogP contribution in [0.25, 0.3) is 0 Å². The van der Waals surface area contributed by atoms with E-state index in [1.165, 1.54) is 24.4 Å². The number of hydrogen-bond donors (Lipinski definition) is 1. The fraction of sp³-hybridized carbons (Fsp3) is 0.227. The summed E-state index contributed by atoms with van der Waals surface area (Å²) >= 11 is 9.36. The molecule has 3 aromatic rings. The first-order valence-electron chi connectivity index (χ1n) is 9.62. The number of nitrogens with one attached hydrogen (secondary N) is 1. The SMILES string of the molecule is Cc1ncc(Br)cc1C(=O)c1ncc(Cl)cc1NCS(=O)(=O)c1ccc(OC(C)C)cc1. The Labute approximate surface area is 200 Å². The third kappa shape index (κ3) is 5.85. The molecular formula is C22H21BrClN3O4S. The van der Waals surface area contributed by atoms with Gasteiger partial charge in [0.05, 0.1) is 21.7 Å². The highest BCUT2D eigenvalue weighted by molar-refractivity contribution is 9.10. The van der Waals surface area contributed by atoms with Crippen molar-refractivity contribution in [1.29, 1.82) is 0 Å². The van der Waals surface area contributed by atoms with Crippen LogP contribution in [-0.2, 0) is 9.84 Å². The van der Waals surface area contributed by atoms with Gasteiger partial charge in [-0.2, -0.15) is 0 Å². The Kier molecular flexibility index (Phi) is 7.53. The van der Waals surface area contributed by atoms with Crippen LogP contribution in [0.5, 0.6) is 5.75 Å². The van der Waals surface area contributed by atoms with E-state index in [1.807, 2.05) is 13.8 Å². The third-order valence-electron chi connectivity index (χ3n) is 4.37. The monoisotopic (exact) mass is 537 g/mol. The Bertz CT molecular complexity index is 1250. The summed E-state index contributed by atoms with van der Waals surface area (Å²) in [6.45, 7) is 5.48. The molecule has 0 atom stereocenters. The number of sulfone groups is 1. The summed E-state index contributed by atoms with van der Waals surface area (Å²) in [6.07, 6.45) is 2.90. The van der Waals surface area contributed by atoms with Crippen molar-refractivity contribution in [3.8, 4) is 5.75 Å². The number of rotatable bonds is 8. The normalized spacial score (nSPS) is 11.4. The lowest BCUT2D eigenvalue weighted by Crippen LogP contribution is -2.18. The highest BCUT2D eigenvalue weighted by atomic mass is 79.9. The van der Waals surface area contributed by atoms with Gasteiger partial charge in [0.15, 0.2) is 9.84 Å². The third-order valence-corrected chi connectivity index (χ3v) is 6.53. The van der Waals surface area contributed by atoms with Crippen LogP contribution in [0.3, 0.4) is 0 Å². The smallest absolute Gasteiger partial charge is 0.215 e. The lowest BCUT2D eigenvalue weighted by Gasteiger charge is -2.13. The van der Waals surface area contributed by atoms with Gasteiger partial charge in [0.1, 0.15) is 17.3 Å². The van der Waals surface area contributed by atoms with Crippen LogP contribution < -0.4 is 10.1 Å². The maximum absolute atomic E-state index is 13.1. The number of anilines is 1. The van der Waals surface area contributed by atoms with Crippen LogP contribution in [0.2, 0.25) is 5.02 Å². The van der Waals surface area contributed by atoms with Gasteiger partial charge < -0.3 is 10.1 Å². The van der Waals surface area contributed by atoms with Gasteiger partial charge in [-0.25, -0.2) is 13.4 Å². The Morgan fingerprint density at radius 1 is 1.16 bits per heavy atom. The predicted molar refractivity (Wildman–Crippen MR) is 127 cm³/mol. The first kappa shape index (κ1) is 24.2. The second-order valence-electron chi connectivity index (χ2n) is 7.24. The molecule has 168 valence electrons. The second kappa shape index (κ2) is 9.97. The second-order valence-corrected chi connectivity index (χ2v) is 10.6. The minimum absolute atomic E-state index is 0.0190. The van der Waals surface area contributed by atoms with Crippen molar-refractivity contribution in [3.63, 3.8) is 0 Å². The summed E-state index contributed by atoms with van der Waals surface area (Å²) in [5.74, 6) is -0.269. The van der Waals surface area contributed by atoms with Crippen molar-refractivity contribution in [2.45, 2.75) is 31.8 Å². The molecule has 2 aromatic heterocycles. The molecule has 1 aromatic carbocycles. The van der Waals surface area contributed by atoms with Crippen LogP contribution in [-0.4, -0.2) is 36.1 Å². The van der Waals surface area contributed by atoms with Crippen LogP contribution >= 0.6 is 27.5 Å². The van der Waals surface area contributed by atoms with Gasteiger partial charge in [-0.15, -0.1) is 0 Å². The highest BCUT2D eigenvalue weighted by Crippen LogP contribution is 2.25. The standard InChI is InChI=1S/C22H21BrClN3O4S/c1-13(2)31-17-4-6-18(7-5-17)32(29,30)12-27-20-9-16(24)11-26-21(20)22(28)19-8-15(23)10-25-14(19)3/h4-11,13,27H,12H2,1-3H3. The van der Waals surface area contributed by atoms with Crippen LogP contribution in [0.15, 0.2) is 58.2 Å². The van der Waals surface area contributed by atoms with E-state index in [2.05, 4.69) is 31.2 Å². The van der Waals surface area contributed by atoms with Crippen molar-refractivity contribution in [2.75, 3.05) is 11.2 Å². The quantitative estimate of drug-likeness (QED) is 0.400. The van der Waals surface area contributed by atoms with Crippen molar-refractivity contribution >= 4 is 48.8 Å². The van der Waals surface area contributed by atoms with E-state index in [0.717, 1.165) is 0 Å². The number of aromatic nitrogens is 2. The van der Waals surface area contributed by atoms with Crippen LogP contribution in [0.4, 0.5) is 5.69 Å². The number of carbonyl (C=O) groups excluding carboxylic acids is 1. The minimum atomic E-state index is -3.71. The molecule has 1 N–H and O–H groups in total. The van der Waals surface area contributed by atoms with E-state index in [-0.39, 0.29) is 27.4 Å². The topological polar surface area (TPSA) is 98.3 Å². The van der Waals surface area contributed by atoms with Gasteiger partial charge >= 0.3 is 0 Å². The fourth-order valence-corrected chi connectivity index (χ4v) is 4.43. The molecule has 0 radical (unpaired) electrons. The molecular weight excluding hydrogens is 518 g/mol. The van der Waals surface area contributed by atoms with E-state index >= 15 is 0 Å². The van der Waals surface area contributed by atoms with Crippen LogP contribution in [0, 0.1) is 6.92 Å². The minimum Gasteiger partial charge on any atom is -0.491 e. The van der Waals surface area contributed by atoms with Crippen LogP contribution in [0.1, 0.15) is 35.6 Å². The Balaban J connectivity index is 1.85. The van der Waals surface area contributed by atoms with Crippen molar-refractivity contribution < 1.29 is 17.9 Å². The maximum Gasteiger partial charge on any atom is 0.215 e. The number of aryl methyl sites for hydroxylation is 1. The molecule has 0 saturated heterocycles. The number of hydrogen-bond acceptors (Lipinski definition) is 7. The molecule has 0 saturated carbocycles. The molecule has 0 aliphatic carbocycles. The summed E-state index contributed by atoms with van der Waals surface area (Å²) in [6, 6.07) is 9.28. The van der Waals surface area contributed by atoms with Gasteiger partial charge in [0.25, 0.3) is 0 Å². The molecule has 0 aliphatic rings. The van der Waals surface area contributed by atoms with Crippen molar-refractivity contribution in [3.05, 3.63) is 75.2 Å². The van der Waals surface area contributed by atoms with Gasteiger partial charge in [0.2, 0.25) is 5.78 Å². The number of halogens is 2. The zero-order chi connectivity index (χ0) is 23.5. The van der Waals surface area contributed by atoms with E-state index < -0.39 is 21.5 Å². The van der Waals surface area contributed by atoms with Gasteiger partial charge in [-0.1, -0.05) is 11.6 Å². The average molecular weight is 539 g/mol. The highest BCUT2D eigenvalue weighted by Gasteiger charge is 2.21. The Hall–Kier alpha value is -2.49. The van der Waals surface area contributed by atoms with E-state index in [9.17, 15) is 13.2 Å². The van der Waals surface area contributed by atoms with E-state index in [0.29, 0.717) is 21.5 Å². The Morgan fingerprint density at radius 3 is 2.50 bits per heavy atom. The molecule has 7 nitrogen and oxygen atoms in total. The molecule has 0 aliphatic heterocycles. The van der Waals surface area contributed by atoms with Gasteiger partial charge in [0, 0.05) is 28.1 Å². The summed E-state index contributed by atoms with van der Waals surface area (Å²) < 4.78 is 31.8. The predicted octanol–water partition coefficient (Wildman–Crippen LogP) is 5.06. The lowest BCUT2D eigenvalue weighted by atomic mass is 10.1. The fourth-order valence-electron chi connectivity index (χ4n) is 2.87. The first-order chi connectivity index (χ1) is 15.1. The molecule has 0 fully saturated rings. The molecule has 2 heterocycles. The maximum atomic E-state index is 13.1. The average Bonchev–Trinajstić information content (AvgIpc) is 2.73. The number of ketones is 1. The van der Waals surface area contributed by atoms with E-state index in [1.54, 1.807) is 31.3 Å². The molecule has 32 heavy (non-hydrogen) atoms. The van der Waals surface area contributed by atoms with E-state index in [4.69, 9.17) is 16.3 Å². The molecule has 10 heteroatoms. The molecule has 0 bridgehead atoms. The number of carbonyl (C=O) groups is 1. The lowest BCUT2D eigenvalue weighted by molar-refractivity contribution is 0.103. The van der Waals surface area contributed by atoms with Gasteiger partial charge in [-0.05, 0) is 73.1 Å². The number of pyridine rings is 2. The zero-order valence-corrected chi connectivity index (χ0v) is 20.8. The number of ether oxygens (including phenoxy) is 1. The molecule has 0 amide bonds. The zero-order valence-electron chi connectivity index (χ0n) is 17.6. The Morgan fingerprint density at radius 2 is 1.84 bits per heavy atom. The summed E-state index contributed by atoms with van der Waals surface area (Å²) in [5.41, 5.74) is 1.14. The molecule has 3 rings (SSSR count).